The molecule has 2 heterocycles. The second-order valence-corrected chi connectivity index (χ2v) is 5.66. The maximum absolute atomic E-state index is 9.91. The molecule has 72 valence electrons. The van der Waals surface area contributed by atoms with Crippen LogP contribution in [0.1, 0.15) is 11.3 Å². The molecule has 1 aliphatic heterocycles. The Morgan fingerprint density at radius 1 is 1.62 bits per heavy atom. The van der Waals surface area contributed by atoms with Crippen LogP contribution < -0.4 is 0 Å². The fourth-order valence-electron chi connectivity index (χ4n) is 1.66. The Hall–Kier alpha value is 0.01000. The monoisotopic (exact) mass is 214 g/mol. The molecule has 1 aromatic heterocycles. The molecule has 1 saturated heterocycles. The first-order valence-electron chi connectivity index (χ1n) is 4.64. The third-order valence-electron chi connectivity index (χ3n) is 2.50. The lowest BCUT2D eigenvalue weighted by Gasteiger charge is -2.15. The number of thiophene rings is 1. The topological polar surface area (TPSA) is 20.2 Å². The van der Waals surface area contributed by atoms with Gasteiger partial charge in [-0.15, -0.1) is 11.3 Å². The summed E-state index contributed by atoms with van der Waals surface area (Å²) in [6.07, 6.45) is 1.92. The molecule has 2 unspecified atom stereocenters. The molecule has 2 atom stereocenters. The van der Waals surface area contributed by atoms with E-state index in [2.05, 4.69) is 17.5 Å². The third kappa shape index (κ3) is 2.48. The van der Waals surface area contributed by atoms with Gasteiger partial charge in [-0.3, -0.25) is 0 Å². The van der Waals surface area contributed by atoms with Gasteiger partial charge in [-0.1, -0.05) is 6.07 Å². The van der Waals surface area contributed by atoms with Gasteiger partial charge in [-0.05, 0) is 35.3 Å². The fourth-order valence-corrected chi connectivity index (χ4v) is 3.74. The van der Waals surface area contributed by atoms with Crippen molar-refractivity contribution < 1.29 is 5.11 Å². The first-order chi connectivity index (χ1) is 6.36. The number of hydrogen-bond donors (Lipinski definition) is 1. The summed E-state index contributed by atoms with van der Waals surface area (Å²) in [5.74, 6) is 2.91. The van der Waals surface area contributed by atoms with Gasteiger partial charge in [0.05, 0.1) is 6.10 Å². The molecule has 0 bridgehead atoms. The predicted octanol–water partition coefficient (Wildman–Crippen LogP) is 2.40. The highest BCUT2D eigenvalue weighted by atomic mass is 32.2. The van der Waals surface area contributed by atoms with E-state index in [0.29, 0.717) is 5.92 Å². The van der Waals surface area contributed by atoms with Crippen molar-refractivity contribution in [2.45, 2.75) is 18.9 Å². The molecule has 2 rings (SSSR count). The summed E-state index contributed by atoms with van der Waals surface area (Å²) in [5.41, 5.74) is 0. The summed E-state index contributed by atoms with van der Waals surface area (Å²) < 4.78 is 0. The molecule has 1 fully saturated rings. The molecular formula is C10H14OS2. The molecule has 0 radical (unpaired) electrons. The fraction of sp³-hybridized carbons (Fsp3) is 0.600. The average Bonchev–Trinajstić information content (AvgIpc) is 2.74. The Kier molecular flexibility index (Phi) is 3.30. The van der Waals surface area contributed by atoms with Gasteiger partial charge >= 0.3 is 0 Å². The van der Waals surface area contributed by atoms with Gasteiger partial charge in [0, 0.05) is 11.3 Å². The molecule has 0 aromatic carbocycles. The molecule has 0 saturated carbocycles. The minimum absolute atomic E-state index is 0.117. The Morgan fingerprint density at radius 3 is 3.15 bits per heavy atom. The van der Waals surface area contributed by atoms with E-state index in [-0.39, 0.29) is 6.10 Å². The average molecular weight is 214 g/mol. The van der Waals surface area contributed by atoms with E-state index in [1.165, 1.54) is 17.1 Å². The number of hydrogen-bond acceptors (Lipinski definition) is 3. The van der Waals surface area contributed by atoms with Crippen LogP contribution in [-0.4, -0.2) is 22.7 Å². The van der Waals surface area contributed by atoms with Crippen molar-refractivity contribution in [1.29, 1.82) is 0 Å². The first-order valence-corrected chi connectivity index (χ1v) is 6.68. The zero-order valence-electron chi connectivity index (χ0n) is 7.48. The highest BCUT2D eigenvalue weighted by molar-refractivity contribution is 7.99. The van der Waals surface area contributed by atoms with E-state index in [1.54, 1.807) is 11.3 Å². The highest BCUT2D eigenvalue weighted by Crippen LogP contribution is 2.28. The van der Waals surface area contributed by atoms with Gasteiger partial charge in [-0.25, -0.2) is 0 Å². The largest absolute Gasteiger partial charge is 0.392 e. The first kappa shape index (κ1) is 9.56. The number of rotatable bonds is 3. The van der Waals surface area contributed by atoms with Crippen LogP contribution in [0.15, 0.2) is 17.5 Å². The van der Waals surface area contributed by atoms with Gasteiger partial charge in [-0.2, -0.15) is 11.8 Å². The number of aliphatic hydroxyl groups excluding tert-OH is 1. The quantitative estimate of drug-likeness (QED) is 0.834. The van der Waals surface area contributed by atoms with Gasteiger partial charge < -0.3 is 5.11 Å². The van der Waals surface area contributed by atoms with Gasteiger partial charge in [0.1, 0.15) is 0 Å². The molecule has 13 heavy (non-hydrogen) atoms. The summed E-state index contributed by atoms with van der Waals surface area (Å²) >= 11 is 3.71. The molecule has 0 aliphatic carbocycles. The molecule has 1 aliphatic rings. The van der Waals surface area contributed by atoms with E-state index < -0.39 is 0 Å². The lowest BCUT2D eigenvalue weighted by Crippen LogP contribution is -2.21. The van der Waals surface area contributed by atoms with Crippen LogP contribution in [0.3, 0.4) is 0 Å². The Morgan fingerprint density at radius 2 is 2.54 bits per heavy atom. The minimum Gasteiger partial charge on any atom is -0.392 e. The Balaban J connectivity index is 1.87. The second-order valence-electron chi connectivity index (χ2n) is 3.47. The van der Waals surface area contributed by atoms with Crippen molar-refractivity contribution in [3.63, 3.8) is 0 Å². The van der Waals surface area contributed by atoms with Crippen molar-refractivity contribution in [3.8, 4) is 0 Å². The zero-order valence-corrected chi connectivity index (χ0v) is 9.11. The van der Waals surface area contributed by atoms with Gasteiger partial charge in [0.2, 0.25) is 0 Å². The van der Waals surface area contributed by atoms with Crippen LogP contribution in [0.2, 0.25) is 0 Å². The SMILES string of the molecule is OC(Cc1cccs1)C1CCSC1. The lowest BCUT2D eigenvalue weighted by molar-refractivity contribution is 0.121. The summed E-state index contributed by atoms with van der Waals surface area (Å²) in [6, 6.07) is 4.16. The molecule has 1 N–H and O–H groups in total. The summed E-state index contributed by atoms with van der Waals surface area (Å²) in [7, 11) is 0. The molecule has 3 heteroatoms. The summed E-state index contributed by atoms with van der Waals surface area (Å²) in [4.78, 5) is 1.31. The molecular weight excluding hydrogens is 200 g/mol. The van der Waals surface area contributed by atoms with Crippen LogP contribution in [0, 0.1) is 5.92 Å². The summed E-state index contributed by atoms with van der Waals surface area (Å²) in [5, 5.41) is 12.0. The van der Waals surface area contributed by atoms with Crippen LogP contribution in [0.25, 0.3) is 0 Å². The van der Waals surface area contributed by atoms with Crippen LogP contribution >= 0.6 is 23.1 Å². The standard InChI is InChI=1S/C10H14OS2/c11-10(8-3-5-12-7-8)6-9-2-1-4-13-9/h1-2,4,8,10-11H,3,5-7H2. The van der Waals surface area contributed by atoms with Crippen molar-refractivity contribution >= 4 is 23.1 Å². The second kappa shape index (κ2) is 4.49. The number of thioether (sulfide) groups is 1. The van der Waals surface area contributed by atoms with E-state index >= 15 is 0 Å². The highest BCUT2D eigenvalue weighted by Gasteiger charge is 2.23. The van der Waals surface area contributed by atoms with Gasteiger partial charge in [0.25, 0.3) is 0 Å². The van der Waals surface area contributed by atoms with E-state index in [4.69, 9.17) is 0 Å². The lowest BCUT2D eigenvalue weighted by atomic mass is 9.99. The maximum atomic E-state index is 9.91. The molecule has 0 amide bonds. The van der Waals surface area contributed by atoms with E-state index in [9.17, 15) is 5.11 Å². The third-order valence-corrected chi connectivity index (χ3v) is 4.59. The molecule has 1 aromatic rings. The van der Waals surface area contributed by atoms with Crippen LogP contribution in [0.5, 0.6) is 0 Å². The van der Waals surface area contributed by atoms with Crippen LogP contribution in [0.4, 0.5) is 0 Å². The van der Waals surface area contributed by atoms with Crippen molar-refractivity contribution in [2.24, 2.45) is 5.92 Å². The van der Waals surface area contributed by atoms with Crippen molar-refractivity contribution in [1.82, 2.24) is 0 Å². The summed E-state index contributed by atoms with van der Waals surface area (Å²) in [6.45, 7) is 0. The zero-order chi connectivity index (χ0) is 9.10. The minimum atomic E-state index is -0.117. The Bertz CT molecular complexity index is 239. The van der Waals surface area contributed by atoms with Gasteiger partial charge in [0.15, 0.2) is 0 Å². The molecule has 0 spiro atoms. The van der Waals surface area contributed by atoms with Crippen LogP contribution in [-0.2, 0) is 6.42 Å². The molecule has 1 nitrogen and oxygen atoms in total. The van der Waals surface area contributed by atoms with E-state index in [1.807, 2.05) is 11.8 Å². The maximum Gasteiger partial charge on any atom is 0.0624 e. The number of aliphatic hydroxyl groups is 1. The van der Waals surface area contributed by atoms with Crippen molar-refractivity contribution in [3.05, 3.63) is 22.4 Å². The van der Waals surface area contributed by atoms with E-state index in [0.717, 1.165) is 12.2 Å². The predicted molar refractivity (Wildman–Crippen MR) is 59.5 cm³/mol. The Labute approximate surface area is 87.2 Å². The van der Waals surface area contributed by atoms with Crippen molar-refractivity contribution in [2.75, 3.05) is 11.5 Å². The normalized spacial score (nSPS) is 24.8. The smallest absolute Gasteiger partial charge is 0.0624 e.